The van der Waals surface area contributed by atoms with E-state index in [1.54, 1.807) is 19.9 Å². The van der Waals surface area contributed by atoms with E-state index in [1.165, 1.54) is 23.1 Å². The van der Waals surface area contributed by atoms with Crippen molar-refractivity contribution < 1.29 is 27.6 Å². The topological polar surface area (TPSA) is 81.8 Å². The summed E-state index contributed by atoms with van der Waals surface area (Å²) in [6.07, 6.45) is -5.69. The van der Waals surface area contributed by atoms with Gasteiger partial charge in [-0.05, 0) is 25.6 Å². The van der Waals surface area contributed by atoms with Gasteiger partial charge in [0, 0.05) is 6.54 Å². The normalized spacial score (nSPS) is 17.0. The van der Waals surface area contributed by atoms with Crippen molar-refractivity contribution in [3.63, 3.8) is 0 Å². The van der Waals surface area contributed by atoms with Crippen molar-refractivity contribution >= 4 is 29.1 Å². The van der Waals surface area contributed by atoms with E-state index in [0.717, 1.165) is 0 Å². The zero-order valence-corrected chi connectivity index (χ0v) is 15.7. The van der Waals surface area contributed by atoms with Gasteiger partial charge in [0.15, 0.2) is 0 Å². The Morgan fingerprint density at radius 3 is 2.54 bits per heavy atom. The summed E-state index contributed by atoms with van der Waals surface area (Å²) < 4.78 is 41.0. The van der Waals surface area contributed by atoms with E-state index in [2.05, 4.69) is 10.6 Å². The third-order valence-corrected chi connectivity index (χ3v) is 4.32. The number of amides is 3. The second kappa shape index (κ2) is 9.05. The summed E-state index contributed by atoms with van der Waals surface area (Å²) in [6, 6.07) is 3.57. The van der Waals surface area contributed by atoms with Crippen LogP contribution >= 0.6 is 0 Å². The van der Waals surface area contributed by atoms with Crippen molar-refractivity contribution in [1.29, 1.82) is 0 Å². The number of anilines is 2. The Kier molecular flexibility index (Phi) is 7.00. The predicted octanol–water partition coefficient (Wildman–Crippen LogP) is 1.75. The third kappa shape index (κ3) is 5.22. The van der Waals surface area contributed by atoms with E-state index in [1.807, 2.05) is 0 Å². The van der Waals surface area contributed by atoms with Gasteiger partial charge in [-0.25, -0.2) is 0 Å². The average molecular weight is 400 g/mol. The molecule has 3 amide bonds. The summed E-state index contributed by atoms with van der Waals surface area (Å²) in [6.45, 7) is 3.66. The molecule has 154 valence electrons. The fourth-order valence-electron chi connectivity index (χ4n) is 3.00. The van der Waals surface area contributed by atoms with E-state index in [4.69, 9.17) is 0 Å². The van der Waals surface area contributed by atoms with Crippen molar-refractivity contribution in [2.24, 2.45) is 0 Å². The van der Waals surface area contributed by atoms with Crippen LogP contribution in [0.25, 0.3) is 0 Å². The molecule has 28 heavy (non-hydrogen) atoms. The Bertz CT molecular complexity index is 739. The number of nitrogens with one attached hydrogen (secondary N) is 2. The number of para-hydroxylation sites is 2. The molecule has 1 aliphatic rings. The molecule has 1 aromatic rings. The van der Waals surface area contributed by atoms with Crippen molar-refractivity contribution in [2.75, 3.05) is 36.4 Å². The highest BCUT2D eigenvalue weighted by Gasteiger charge is 2.49. The van der Waals surface area contributed by atoms with Crippen LogP contribution in [0.5, 0.6) is 0 Å². The number of benzene rings is 1. The van der Waals surface area contributed by atoms with Crippen LogP contribution in [0.2, 0.25) is 0 Å². The SMILES string of the molecule is CCNC(=O)CN(CC)CC(=O)N1c2ccccc2NC(=O)CC1C(F)(F)F. The highest BCUT2D eigenvalue weighted by Crippen LogP contribution is 2.37. The lowest BCUT2D eigenvalue weighted by atomic mass is 10.1. The minimum atomic E-state index is -4.79. The lowest BCUT2D eigenvalue weighted by Gasteiger charge is -2.33. The molecule has 0 spiro atoms. The van der Waals surface area contributed by atoms with Crippen molar-refractivity contribution in [2.45, 2.75) is 32.5 Å². The molecule has 0 aliphatic carbocycles. The second-order valence-corrected chi connectivity index (χ2v) is 6.35. The first-order valence-corrected chi connectivity index (χ1v) is 8.94. The van der Waals surface area contributed by atoms with Crippen LogP contribution in [0, 0.1) is 0 Å². The second-order valence-electron chi connectivity index (χ2n) is 6.35. The number of carbonyl (C=O) groups is 3. The van der Waals surface area contributed by atoms with E-state index in [9.17, 15) is 27.6 Å². The van der Waals surface area contributed by atoms with E-state index in [0.29, 0.717) is 18.0 Å². The molecular formula is C18H23F3N4O3. The van der Waals surface area contributed by atoms with E-state index >= 15 is 0 Å². The molecule has 2 N–H and O–H groups in total. The van der Waals surface area contributed by atoms with Gasteiger partial charge in [0.1, 0.15) is 6.04 Å². The lowest BCUT2D eigenvalue weighted by Crippen LogP contribution is -2.53. The fraction of sp³-hybridized carbons (Fsp3) is 0.500. The van der Waals surface area contributed by atoms with Crippen LogP contribution in [0.15, 0.2) is 24.3 Å². The number of hydrogen-bond acceptors (Lipinski definition) is 4. The summed E-state index contributed by atoms with van der Waals surface area (Å²) in [7, 11) is 0. The van der Waals surface area contributed by atoms with Gasteiger partial charge in [0.25, 0.3) is 0 Å². The highest BCUT2D eigenvalue weighted by atomic mass is 19.4. The molecule has 0 radical (unpaired) electrons. The lowest BCUT2D eigenvalue weighted by molar-refractivity contribution is -0.158. The molecular weight excluding hydrogens is 377 g/mol. The molecule has 10 heteroatoms. The molecule has 0 aromatic heterocycles. The minimum absolute atomic E-state index is 0.0188. The van der Waals surface area contributed by atoms with Crippen LogP contribution < -0.4 is 15.5 Å². The summed E-state index contributed by atoms with van der Waals surface area (Å²) >= 11 is 0. The zero-order chi connectivity index (χ0) is 20.9. The maximum Gasteiger partial charge on any atom is 0.409 e. The van der Waals surface area contributed by atoms with Gasteiger partial charge in [0.05, 0.1) is 30.9 Å². The molecule has 1 unspecified atom stereocenters. The fourth-order valence-corrected chi connectivity index (χ4v) is 3.00. The molecule has 1 atom stereocenters. The first kappa shape index (κ1) is 21.7. The van der Waals surface area contributed by atoms with E-state index < -0.39 is 30.5 Å². The number of likely N-dealkylation sites (N-methyl/N-ethyl adjacent to an activating group) is 2. The summed E-state index contributed by atoms with van der Waals surface area (Å²) in [4.78, 5) is 38.7. The molecule has 2 rings (SSSR count). The first-order chi connectivity index (χ1) is 13.2. The third-order valence-electron chi connectivity index (χ3n) is 4.32. The number of fused-ring (bicyclic) bond motifs is 1. The molecule has 1 heterocycles. The standard InChI is InChI=1S/C18H23F3N4O3/c1-3-22-16(27)10-24(4-2)11-17(28)25-13-8-6-5-7-12(13)23-15(26)9-14(25)18(19,20)21/h5-8,14H,3-4,9-11H2,1-2H3,(H,22,27)(H,23,26). The first-order valence-electron chi connectivity index (χ1n) is 8.94. The Hall–Kier alpha value is -2.62. The van der Waals surface area contributed by atoms with Crippen molar-refractivity contribution in [3.05, 3.63) is 24.3 Å². The number of nitrogens with zero attached hydrogens (tertiary/aromatic N) is 2. The highest BCUT2D eigenvalue weighted by molar-refractivity contribution is 6.05. The quantitative estimate of drug-likeness (QED) is 0.762. The zero-order valence-electron chi connectivity index (χ0n) is 15.7. The van der Waals surface area contributed by atoms with Gasteiger partial charge < -0.3 is 10.6 Å². The van der Waals surface area contributed by atoms with Gasteiger partial charge in [-0.2, -0.15) is 13.2 Å². The van der Waals surface area contributed by atoms with Gasteiger partial charge >= 0.3 is 6.18 Å². The maximum atomic E-state index is 13.7. The average Bonchev–Trinajstić information content (AvgIpc) is 2.76. The molecule has 7 nitrogen and oxygen atoms in total. The molecule has 1 aliphatic heterocycles. The molecule has 0 saturated heterocycles. The van der Waals surface area contributed by atoms with Gasteiger partial charge in [-0.1, -0.05) is 19.1 Å². The molecule has 0 fully saturated rings. The minimum Gasteiger partial charge on any atom is -0.355 e. The number of rotatable bonds is 6. The smallest absolute Gasteiger partial charge is 0.355 e. The summed E-state index contributed by atoms with van der Waals surface area (Å²) in [5, 5.41) is 5.00. The Morgan fingerprint density at radius 1 is 1.25 bits per heavy atom. The van der Waals surface area contributed by atoms with Gasteiger partial charge in [0.2, 0.25) is 17.7 Å². The van der Waals surface area contributed by atoms with Crippen LogP contribution in [-0.2, 0) is 14.4 Å². The van der Waals surface area contributed by atoms with Crippen molar-refractivity contribution in [3.8, 4) is 0 Å². The van der Waals surface area contributed by atoms with Crippen LogP contribution in [-0.4, -0.2) is 61.0 Å². The Balaban J connectivity index is 2.35. The van der Waals surface area contributed by atoms with Gasteiger partial charge in [-0.15, -0.1) is 0 Å². The Labute approximate surface area is 160 Å². The summed E-state index contributed by atoms with van der Waals surface area (Å²) in [5.74, 6) is -1.98. The van der Waals surface area contributed by atoms with Crippen LogP contribution in [0.1, 0.15) is 20.3 Å². The number of carbonyl (C=O) groups excluding carboxylic acids is 3. The van der Waals surface area contributed by atoms with Crippen LogP contribution in [0.4, 0.5) is 24.5 Å². The monoisotopic (exact) mass is 400 g/mol. The van der Waals surface area contributed by atoms with Crippen LogP contribution in [0.3, 0.4) is 0 Å². The van der Waals surface area contributed by atoms with E-state index in [-0.39, 0.29) is 30.4 Å². The predicted molar refractivity (Wildman–Crippen MR) is 97.8 cm³/mol. The van der Waals surface area contributed by atoms with Gasteiger partial charge in [-0.3, -0.25) is 24.2 Å². The summed E-state index contributed by atoms with van der Waals surface area (Å²) in [5.41, 5.74) is 0.120. The van der Waals surface area contributed by atoms with Crippen molar-refractivity contribution in [1.82, 2.24) is 10.2 Å². The molecule has 1 aromatic carbocycles. The number of halogens is 3. The number of alkyl halides is 3. The number of hydrogen-bond donors (Lipinski definition) is 2. The Morgan fingerprint density at radius 2 is 1.93 bits per heavy atom. The molecule has 0 saturated carbocycles. The molecule has 0 bridgehead atoms. The largest absolute Gasteiger partial charge is 0.409 e. The maximum absolute atomic E-state index is 13.7.